The van der Waals surface area contributed by atoms with Gasteiger partial charge in [0.05, 0.1) is 6.54 Å². The van der Waals surface area contributed by atoms with Crippen LogP contribution in [0.2, 0.25) is 0 Å². The molecule has 0 spiro atoms. The maximum Gasteiger partial charge on any atom is 0.242 e. The summed E-state index contributed by atoms with van der Waals surface area (Å²) in [5.41, 5.74) is 2.58. The van der Waals surface area contributed by atoms with Gasteiger partial charge in [-0.2, -0.15) is 0 Å². The number of nitrogens with one attached hydrogen (secondary N) is 2. The van der Waals surface area contributed by atoms with E-state index < -0.39 is 0 Å². The van der Waals surface area contributed by atoms with Gasteiger partial charge in [0.1, 0.15) is 0 Å². The molecule has 2 heterocycles. The Kier molecular flexibility index (Phi) is 6.90. The molecule has 0 aliphatic carbocycles. The summed E-state index contributed by atoms with van der Waals surface area (Å²) < 4.78 is 0. The lowest BCUT2D eigenvalue weighted by Gasteiger charge is -2.34. The van der Waals surface area contributed by atoms with Gasteiger partial charge in [0, 0.05) is 46.7 Å². The van der Waals surface area contributed by atoms with Crippen LogP contribution in [0.4, 0.5) is 0 Å². The largest absolute Gasteiger partial charge is 0.359 e. The fourth-order valence-electron chi connectivity index (χ4n) is 4.02. The summed E-state index contributed by atoms with van der Waals surface area (Å²) >= 11 is 0. The van der Waals surface area contributed by atoms with Crippen molar-refractivity contribution in [2.45, 2.75) is 32.2 Å². The van der Waals surface area contributed by atoms with Crippen LogP contribution in [0.15, 0.2) is 29.3 Å². The van der Waals surface area contributed by atoms with E-state index >= 15 is 0 Å². The molecule has 0 radical (unpaired) electrons. The molecule has 28 heavy (non-hydrogen) atoms. The number of benzene rings is 1. The van der Waals surface area contributed by atoms with Crippen molar-refractivity contribution in [2.75, 3.05) is 40.3 Å². The molecule has 0 aromatic heterocycles. The highest BCUT2D eigenvalue weighted by atomic mass is 16.2. The monoisotopic (exact) mass is 385 g/mol. The SMILES string of the molecule is CN=C(NCC(=O)N1CCc2ccccc2C1)N1CCC(CC(=O)NC)CC1. The van der Waals surface area contributed by atoms with Crippen molar-refractivity contribution in [3.8, 4) is 0 Å². The van der Waals surface area contributed by atoms with Crippen LogP contribution in [0.25, 0.3) is 0 Å². The summed E-state index contributed by atoms with van der Waals surface area (Å²) in [4.78, 5) is 32.7. The summed E-state index contributed by atoms with van der Waals surface area (Å²) in [5.74, 6) is 1.40. The van der Waals surface area contributed by atoms with E-state index in [1.54, 1.807) is 14.1 Å². The van der Waals surface area contributed by atoms with Crippen molar-refractivity contribution in [3.63, 3.8) is 0 Å². The molecule has 1 aromatic rings. The highest BCUT2D eigenvalue weighted by molar-refractivity contribution is 5.86. The Morgan fingerprint density at radius 3 is 2.50 bits per heavy atom. The van der Waals surface area contributed by atoms with E-state index in [1.807, 2.05) is 11.0 Å². The molecule has 7 nitrogen and oxygen atoms in total. The first-order chi connectivity index (χ1) is 13.6. The minimum Gasteiger partial charge on any atom is -0.359 e. The lowest BCUT2D eigenvalue weighted by Crippen LogP contribution is -2.49. The lowest BCUT2D eigenvalue weighted by molar-refractivity contribution is -0.131. The van der Waals surface area contributed by atoms with E-state index in [0.717, 1.165) is 44.9 Å². The number of amides is 2. The third kappa shape index (κ3) is 5.03. The predicted molar refractivity (Wildman–Crippen MR) is 110 cm³/mol. The van der Waals surface area contributed by atoms with Gasteiger partial charge in [0.2, 0.25) is 11.8 Å². The molecule has 1 aromatic carbocycles. The van der Waals surface area contributed by atoms with Crippen LogP contribution >= 0.6 is 0 Å². The number of fused-ring (bicyclic) bond motifs is 1. The predicted octanol–water partition coefficient (Wildman–Crippen LogP) is 0.995. The zero-order valence-electron chi connectivity index (χ0n) is 16.9. The number of guanidine groups is 1. The minimum atomic E-state index is 0.102. The molecule has 0 saturated carbocycles. The van der Waals surface area contributed by atoms with Gasteiger partial charge in [-0.15, -0.1) is 0 Å². The summed E-state index contributed by atoms with van der Waals surface area (Å²) in [7, 11) is 3.43. The van der Waals surface area contributed by atoms with E-state index in [-0.39, 0.29) is 18.4 Å². The molecule has 1 saturated heterocycles. The third-order valence-corrected chi connectivity index (χ3v) is 5.76. The molecule has 3 rings (SSSR count). The number of aliphatic imine (C=N–C) groups is 1. The Labute approximate surface area is 167 Å². The molecule has 152 valence electrons. The minimum absolute atomic E-state index is 0.102. The molecule has 2 amide bonds. The average molecular weight is 386 g/mol. The number of rotatable bonds is 4. The topological polar surface area (TPSA) is 77.0 Å². The number of carbonyl (C=O) groups is 2. The van der Waals surface area contributed by atoms with Gasteiger partial charge in [-0.1, -0.05) is 24.3 Å². The highest BCUT2D eigenvalue weighted by Gasteiger charge is 2.24. The molecule has 2 aliphatic rings. The Morgan fingerprint density at radius 1 is 1.11 bits per heavy atom. The van der Waals surface area contributed by atoms with Crippen molar-refractivity contribution >= 4 is 17.8 Å². The number of likely N-dealkylation sites (tertiary alicyclic amines) is 1. The van der Waals surface area contributed by atoms with Gasteiger partial charge >= 0.3 is 0 Å². The molecule has 2 N–H and O–H groups in total. The van der Waals surface area contributed by atoms with Gasteiger partial charge in [0.15, 0.2) is 5.96 Å². The van der Waals surface area contributed by atoms with Crippen molar-refractivity contribution in [3.05, 3.63) is 35.4 Å². The molecular formula is C21H31N5O2. The first-order valence-corrected chi connectivity index (χ1v) is 10.1. The van der Waals surface area contributed by atoms with Crippen molar-refractivity contribution in [2.24, 2.45) is 10.9 Å². The van der Waals surface area contributed by atoms with E-state index in [9.17, 15) is 9.59 Å². The summed E-state index contributed by atoms with van der Waals surface area (Å²) in [6, 6.07) is 8.33. The molecule has 0 bridgehead atoms. The van der Waals surface area contributed by atoms with Crippen molar-refractivity contribution in [1.29, 1.82) is 0 Å². The quantitative estimate of drug-likeness (QED) is 0.599. The van der Waals surface area contributed by atoms with E-state index in [1.165, 1.54) is 11.1 Å². The highest BCUT2D eigenvalue weighted by Crippen LogP contribution is 2.21. The zero-order valence-corrected chi connectivity index (χ0v) is 16.9. The van der Waals surface area contributed by atoms with Gasteiger partial charge in [0.25, 0.3) is 0 Å². The van der Waals surface area contributed by atoms with Crippen LogP contribution in [0, 0.1) is 5.92 Å². The number of hydrogen-bond acceptors (Lipinski definition) is 3. The number of carbonyl (C=O) groups excluding carboxylic acids is 2. The second-order valence-electron chi connectivity index (χ2n) is 7.54. The van der Waals surface area contributed by atoms with Crippen LogP contribution in [0.3, 0.4) is 0 Å². The van der Waals surface area contributed by atoms with Gasteiger partial charge < -0.3 is 20.4 Å². The zero-order chi connectivity index (χ0) is 19.9. The summed E-state index contributed by atoms with van der Waals surface area (Å²) in [6.45, 7) is 3.41. The standard InChI is InChI=1S/C21H31N5O2/c1-22-19(27)13-16-7-10-25(11-8-16)21(23-2)24-14-20(28)26-12-9-17-5-3-4-6-18(17)15-26/h3-6,16H,7-15H2,1-2H3,(H,22,27)(H,23,24). The van der Waals surface area contributed by atoms with Crippen LogP contribution in [-0.4, -0.2) is 67.8 Å². The number of nitrogens with zero attached hydrogens (tertiary/aromatic N) is 3. The second kappa shape index (κ2) is 9.57. The van der Waals surface area contributed by atoms with Gasteiger partial charge in [-0.25, -0.2) is 0 Å². The Hall–Kier alpha value is -2.57. The molecule has 2 aliphatic heterocycles. The van der Waals surface area contributed by atoms with E-state index in [2.05, 4.69) is 38.7 Å². The summed E-state index contributed by atoms with van der Waals surface area (Å²) in [6.07, 6.45) is 3.43. The van der Waals surface area contributed by atoms with Crippen molar-refractivity contribution in [1.82, 2.24) is 20.4 Å². The Balaban J connectivity index is 1.46. The number of piperidine rings is 1. The normalized spacial score (nSPS) is 17.9. The first-order valence-electron chi connectivity index (χ1n) is 10.1. The Bertz CT molecular complexity index is 725. The smallest absolute Gasteiger partial charge is 0.242 e. The van der Waals surface area contributed by atoms with Gasteiger partial charge in [-0.3, -0.25) is 14.6 Å². The van der Waals surface area contributed by atoms with Crippen LogP contribution < -0.4 is 10.6 Å². The molecule has 7 heteroatoms. The second-order valence-corrected chi connectivity index (χ2v) is 7.54. The molecule has 0 atom stereocenters. The number of hydrogen-bond donors (Lipinski definition) is 2. The van der Waals surface area contributed by atoms with E-state index in [0.29, 0.717) is 18.9 Å². The van der Waals surface area contributed by atoms with Gasteiger partial charge in [-0.05, 0) is 36.3 Å². The maximum atomic E-state index is 12.7. The maximum absolute atomic E-state index is 12.7. The molecule has 0 unspecified atom stereocenters. The third-order valence-electron chi connectivity index (χ3n) is 5.76. The Morgan fingerprint density at radius 2 is 1.82 bits per heavy atom. The fourth-order valence-corrected chi connectivity index (χ4v) is 4.02. The molecular weight excluding hydrogens is 354 g/mol. The van der Waals surface area contributed by atoms with Crippen molar-refractivity contribution < 1.29 is 9.59 Å². The van der Waals surface area contributed by atoms with Crippen LogP contribution in [-0.2, 0) is 22.6 Å². The fraction of sp³-hybridized carbons (Fsp3) is 0.571. The molecule has 1 fully saturated rings. The summed E-state index contributed by atoms with van der Waals surface area (Å²) in [5, 5.41) is 5.93. The first kappa shape index (κ1) is 20.2. The van der Waals surface area contributed by atoms with Crippen LogP contribution in [0.5, 0.6) is 0 Å². The lowest BCUT2D eigenvalue weighted by atomic mass is 9.93. The van der Waals surface area contributed by atoms with Crippen LogP contribution in [0.1, 0.15) is 30.4 Å². The van der Waals surface area contributed by atoms with E-state index in [4.69, 9.17) is 0 Å². The average Bonchev–Trinajstić information content (AvgIpc) is 2.74.